The van der Waals surface area contributed by atoms with E-state index in [-0.39, 0.29) is 23.8 Å². The van der Waals surface area contributed by atoms with Gasteiger partial charge in [-0.2, -0.15) is 0 Å². The summed E-state index contributed by atoms with van der Waals surface area (Å²) in [5, 5.41) is 1.26. The Morgan fingerprint density at radius 3 is 2.35 bits per heavy atom. The van der Waals surface area contributed by atoms with Gasteiger partial charge in [-0.1, -0.05) is 60.7 Å². The summed E-state index contributed by atoms with van der Waals surface area (Å²) in [6.45, 7) is 0.486. The van der Waals surface area contributed by atoms with Gasteiger partial charge in [0, 0.05) is 20.0 Å². The topological polar surface area (TPSA) is 49.9 Å². The smallest absolute Gasteiger partial charge is 0.251 e. The van der Waals surface area contributed by atoms with E-state index in [2.05, 4.69) is 0 Å². The lowest BCUT2D eigenvalue weighted by Crippen LogP contribution is -2.47. The van der Waals surface area contributed by atoms with Crippen LogP contribution in [0.2, 0.25) is 0 Å². The SMILES string of the molecule is CON(C)C(=O)[C@H]1CCC(=O)N(Cc2ccccc2)[C@@H]1c1ccccc1. The quantitative estimate of drug-likeness (QED) is 0.777. The number of benzene rings is 2. The largest absolute Gasteiger partial charge is 0.331 e. The number of carbonyl (C=O) groups is 2. The van der Waals surface area contributed by atoms with E-state index in [0.717, 1.165) is 11.1 Å². The fourth-order valence-electron chi connectivity index (χ4n) is 3.56. The Bertz CT molecular complexity index is 748. The molecule has 136 valence electrons. The summed E-state index contributed by atoms with van der Waals surface area (Å²) in [5.74, 6) is -0.359. The molecule has 0 bridgehead atoms. The fraction of sp³-hybridized carbons (Fsp3) is 0.333. The van der Waals surface area contributed by atoms with Crippen molar-refractivity contribution in [3.63, 3.8) is 0 Å². The normalized spacial score (nSPS) is 20.1. The molecule has 1 aliphatic rings. The molecule has 2 amide bonds. The van der Waals surface area contributed by atoms with Crippen LogP contribution in [0.4, 0.5) is 0 Å². The fourth-order valence-corrected chi connectivity index (χ4v) is 3.56. The van der Waals surface area contributed by atoms with E-state index >= 15 is 0 Å². The van der Waals surface area contributed by atoms with Crippen molar-refractivity contribution in [1.82, 2.24) is 9.96 Å². The Kier molecular flexibility index (Phi) is 5.68. The minimum atomic E-state index is -0.330. The van der Waals surface area contributed by atoms with E-state index in [1.165, 1.54) is 12.2 Å². The first-order valence-electron chi connectivity index (χ1n) is 8.82. The van der Waals surface area contributed by atoms with Gasteiger partial charge in [0.05, 0.1) is 19.1 Å². The minimum absolute atomic E-state index is 0.0758. The lowest BCUT2D eigenvalue weighted by molar-refractivity contribution is -0.178. The van der Waals surface area contributed by atoms with E-state index in [9.17, 15) is 9.59 Å². The molecule has 0 aromatic heterocycles. The molecule has 2 atom stereocenters. The highest BCUT2D eigenvalue weighted by molar-refractivity contribution is 5.84. The second-order valence-electron chi connectivity index (χ2n) is 6.53. The first kappa shape index (κ1) is 18.1. The summed E-state index contributed by atoms with van der Waals surface area (Å²) in [5.41, 5.74) is 2.02. The van der Waals surface area contributed by atoms with E-state index < -0.39 is 0 Å². The molecule has 5 nitrogen and oxygen atoms in total. The van der Waals surface area contributed by atoms with Crippen LogP contribution < -0.4 is 0 Å². The van der Waals surface area contributed by atoms with Crippen molar-refractivity contribution >= 4 is 11.8 Å². The molecule has 1 heterocycles. The van der Waals surface area contributed by atoms with Crippen LogP contribution in [0.3, 0.4) is 0 Å². The van der Waals surface area contributed by atoms with Crippen molar-refractivity contribution in [3.8, 4) is 0 Å². The van der Waals surface area contributed by atoms with Crippen LogP contribution in [0, 0.1) is 5.92 Å². The molecule has 0 unspecified atom stereocenters. The number of amides is 2. The zero-order chi connectivity index (χ0) is 18.5. The maximum absolute atomic E-state index is 12.9. The van der Waals surface area contributed by atoms with Gasteiger partial charge in [-0.25, -0.2) is 5.06 Å². The van der Waals surface area contributed by atoms with Gasteiger partial charge in [-0.05, 0) is 17.5 Å². The van der Waals surface area contributed by atoms with E-state index in [0.29, 0.717) is 19.4 Å². The van der Waals surface area contributed by atoms with E-state index in [4.69, 9.17) is 4.84 Å². The number of rotatable bonds is 5. The van der Waals surface area contributed by atoms with Gasteiger partial charge in [0.15, 0.2) is 0 Å². The monoisotopic (exact) mass is 352 g/mol. The number of piperidine rings is 1. The summed E-state index contributed by atoms with van der Waals surface area (Å²) in [6, 6.07) is 19.4. The van der Waals surface area contributed by atoms with Gasteiger partial charge in [-0.15, -0.1) is 0 Å². The van der Waals surface area contributed by atoms with Crippen molar-refractivity contribution in [2.75, 3.05) is 14.2 Å². The van der Waals surface area contributed by atoms with Gasteiger partial charge in [-0.3, -0.25) is 14.4 Å². The average molecular weight is 352 g/mol. The maximum Gasteiger partial charge on any atom is 0.251 e. The summed E-state index contributed by atoms with van der Waals surface area (Å²) >= 11 is 0. The third-order valence-corrected chi connectivity index (χ3v) is 4.94. The molecule has 0 saturated carbocycles. The van der Waals surface area contributed by atoms with Crippen molar-refractivity contribution in [1.29, 1.82) is 0 Å². The summed E-state index contributed by atoms with van der Waals surface area (Å²) in [6.07, 6.45) is 0.889. The Balaban J connectivity index is 1.98. The minimum Gasteiger partial charge on any atom is -0.331 e. The Morgan fingerprint density at radius 2 is 1.73 bits per heavy atom. The van der Waals surface area contributed by atoms with Crippen LogP contribution in [0.25, 0.3) is 0 Å². The van der Waals surface area contributed by atoms with Crippen molar-refractivity contribution in [2.24, 2.45) is 5.92 Å². The van der Waals surface area contributed by atoms with Crippen LogP contribution in [-0.2, 0) is 21.0 Å². The van der Waals surface area contributed by atoms with Crippen LogP contribution >= 0.6 is 0 Å². The Morgan fingerprint density at radius 1 is 1.12 bits per heavy atom. The number of hydroxylamine groups is 2. The van der Waals surface area contributed by atoms with Crippen molar-refractivity contribution in [2.45, 2.75) is 25.4 Å². The number of carbonyl (C=O) groups excluding carboxylic acids is 2. The molecule has 1 fully saturated rings. The van der Waals surface area contributed by atoms with Gasteiger partial charge in [0.25, 0.3) is 5.91 Å². The second kappa shape index (κ2) is 8.15. The first-order valence-corrected chi connectivity index (χ1v) is 8.82. The number of hydrogen-bond donors (Lipinski definition) is 0. The molecule has 2 aromatic carbocycles. The predicted molar refractivity (Wildman–Crippen MR) is 98.7 cm³/mol. The summed E-state index contributed by atoms with van der Waals surface area (Å²) in [7, 11) is 3.09. The predicted octanol–water partition coefficient (Wildman–Crippen LogP) is 3.19. The Labute approximate surface area is 154 Å². The molecular weight excluding hydrogens is 328 g/mol. The van der Waals surface area contributed by atoms with E-state index in [1.54, 1.807) is 7.05 Å². The lowest BCUT2D eigenvalue weighted by atomic mass is 9.83. The molecule has 26 heavy (non-hydrogen) atoms. The summed E-state index contributed by atoms with van der Waals surface area (Å²) in [4.78, 5) is 32.6. The van der Waals surface area contributed by atoms with Crippen LogP contribution in [0.5, 0.6) is 0 Å². The number of nitrogens with zero attached hydrogens (tertiary/aromatic N) is 2. The third kappa shape index (κ3) is 3.78. The van der Waals surface area contributed by atoms with Crippen LogP contribution in [0.15, 0.2) is 60.7 Å². The third-order valence-electron chi connectivity index (χ3n) is 4.94. The van der Waals surface area contributed by atoms with Crippen molar-refractivity contribution in [3.05, 3.63) is 71.8 Å². The molecule has 1 aliphatic heterocycles. The molecule has 5 heteroatoms. The van der Waals surface area contributed by atoms with Crippen molar-refractivity contribution < 1.29 is 14.4 Å². The average Bonchev–Trinajstić information content (AvgIpc) is 2.69. The first-order chi connectivity index (χ1) is 12.6. The maximum atomic E-state index is 12.9. The highest BCUT2D eigenvalue weighted by atomic mass is 16.7. The number of likely N-dealkylation sites (tertiary alicyclic amines) is 1. The molecule has 0 aliphatic carbocycles. The van der Waals surface area contributed by atoms with Gasteiger partial charge < -0.3 is 4.90 Å². The second-order valence-corrected chi connectivity index (χ2v) is 6.53. The molecular formula is C21H24N2O3. The molecule has 0 radical (unpaired) electrons. The molecule has 2 aromatic rings. The van der Waals surface area contributed by atoms with Gasteiger partial charge in [0.2, 0.25) is 5.91 Å². The Hall–Kier alpha value is -2.66. The zero-order valence-corrected chi connectivity index (χ0v) is 15.2. The number of hydrogen-bond acceptors (Lipinski definition) is 3. The molecule has 1 saturated heterocycles. The highest BCUT2D eigenvalue weighted by Gasteiger charge is 2.41. The lowest BCUT2D eigenvalue weighted by Gasteiger charge is -2.41. The highest BCUT2D eigenvalue weighted by Crippen LogP contribution is 2.38. The van der Waals surface area contributed by atoms with Crippen LogP contribution in [0.1, 0.15) is 30.0 Å². The molecule has 0 N–H and O–H groups in total. The zero-order valence-electron chi connectivity index (χ0n) is 15.2. The standard InChI is InChI=1S/C21H24N2O3/c1-22(26-2)21(25)18-13-14-19(24)23(15-16-9-5-3-6-10-16)20(18)17-11-7-4-8-12-17/h3-12,18,20H,13-15H2,1-2H3/t18-,20+/m0/s1. The molecule has 0 spiro atoms. The molecule has 3 rings (SSSR count). The van der Waals surface area contributed by atoms with Gasteiger partial charge >= 0.3 is 0 Å². The summed E-state index contributed by atoms with van der Waals surface area (Å²) < 4.78 is 0. The van der Waals surface area contributed by atoms with Gasteiger partial charge in [0.1, 0.15) is 0 Å². The van der Waals surface area contributed by atoms with E-state index in [1.807, 2.05) is 65.6 Å². The van der Waals surface area contributed by atoms with Crippen LogP contribution in [-0.4, -0.2) is 35.9 Å².